The number of amides is 2. The van der Waals surface area contributed by atoms with Crippen molar-refractivity contribution in [3.05, 3.63) is 23.8 Å². The third kappa shape index (κ3) is 3.70. The topological polar surface area (TPSA) is 66.9 Å². The van der Waals surface area contributed by atoms with Crippen molar-refractivity contribution in [2.24, 2.45) is 0 Å². The van der Waals surface area contributed by atoms with Crippen LogP contribution < -0.4 is 9.64 Å². The second-order valence-corrected chi connectivity index (χ2v) is 6.15. The quantitative estimate of drug-likeness (QED) is 0.581. The minimum Gasteiger partial charge on any atom is -0.482 e. The van der Waals surface area contributed by atoms with Crippen LogP contribution in [0, 0.1) is 0 Å². The van der Waals surface area contributed by atoms with Gasteiger partial charge in [-0.15, -0.1) is 11.6 Å². The van der Waals surface area contributed by atoms with Crippen molar-refractivity contribution < 1.29 is 19.1 Å². The summed E-state index contributed by atoms with van der Waals surface area (Å²) in [7, 11) is 0. The van der Waals surface area contributed by atoms with E-state index in [9.17, 15) is 14.4 Å². The van der Waals surface area contributed by atoms with E-state index in [1.54, 1.807) is 30.0 Å². The lowest BCUT2D eigenvalue weighted by Gasteiger charge is -2.31. The number of benzene rings is 1. The maximum absolute atomic E-state index is 12.4. The Balaban J connectivity index is 2.34. The van der Waals surface area contributed by atoms with E-state index in [1.165, 1.54) is 4.90 Å². The lowest BCUT2D eigenvalue weighted by atomic mass is 10.1. The highest BCUT2D eigenvalue weighted by Gasteiger charge is 2.29. The average Bonchev–Trinajstić information content (AvgIpc) is 2.57. The molecule has 0 fully saturated rings. The molecule has 0 aromatic heterocycles. The summed E-state index contributed by atoms with van der Waals surface area (Å²) >= 11 is 5.85. The van der Waals surface area contributed by atoms with Crippen molar-refractivity contribution in [2.75, 3.05) is 31.1 Å². The number of ketones is 1. The van der Waals surface area contributed by atoms with Crippen molar-refractivity contribution >= 4 is 34.9 Å². The lowest BCUT2D eigenvalue weighted by Crippen LogP contribution is -2.46. The molecule has 1 aliphatic rings. The van der Waals surface area contributed by atoms with E-state index in [2.05, 4.69) is 0 Å². The second-order valence-electron chi connectivity index (χ2n) is 5.50. The summed E-state index contributed by atoms with van der Waals surface area (Å²) in [6.45, 7) is 6.30. The second kappa shape index (κ2) is 7.66. The number of carbonyl (C=O) groups excluding carboxylic acids is 3. The standard InChI is InChI=1S/C17H21ClN2O4/c1-4-19(5-2)15(21)9-20-13-8-12(17(23)11(3)18)6-7-14(13)24-10-16(20)22/h6-8,11H,4-5,9-10H2,1-3H3. The van der Waals surface area contributed by atoms with Gasteiger partial charge in [0.25, 0.3) is 5.91 Å². The highest BCUT2D eigenvalue weighted by atomic mass is 35.5. The third-order valence-electron chi connectivity index (χ3n) is 3.96. The SMILES string of the molecule is CCN(CC)C(=O)CN1C(=O)COc2ccc(C(=O)C(C)Cl)cc21. The smallest absolute Gasteiger partial charge is 0.265 e. The number of halogens is 1. The van der Waals surface area contributed by atoms with Crippen LogP contribution in [0.2, 0.25) is 0 Å². The van der Waals surface area contributed by atoms with Gasteiger partial charge in [0.1, 0.15) is 12.3 Å². The largest absolute Gasteiger partial charge is 0.482 e. The van der Waals surface area contributed by atoms with E-state index in [1.807, 2.05) is 13.8 Å². The van der Waals surface area contributed by atoms with Crippen molar-refractivity contribution in [3.8, 4) is 5.75 Å². The van der Waals surface area contributed by atoms with Crippen LogP contribution >= 0.6 is 11.6 Å². The normalized spacial score (nSPS) is 14.7. The Labute approximate surface area is 146 Å². The zero-order valence-electron chi connectivity index (χ0n) is 14.0. The number of hydrogen-bond donors (Lipinski definition) is 0. The molecule has 1 heterocycles. The van der Waals surface area contributed by atoms with E-state index >= 15 is 0 Å². The molecule has 7 heteroatoms. The molecule has 0 radical (unpaired) electrons. The van der Waals surface area contributed by atoms with Crippen molar-refractivity contribution in [1.82, 2.24) is 4.90 Å². The predicted octanol–water partition coefficient (Wildman–Crippen LogP) is 2.09. The Morgan fingerprint density at radius 1 is 1.33 bits per heavy atom. The van der Waals surface area contributed by atoms with Crippen LogP contribution in [0.5, 0.6) is 5.75 Å². The first kappa shape index (κ1) is 18.3. The number of rotatable bonds is 6. The summed E-state index contributed by atoms with van der Waals surface area (Å²) in [5.74, 6) is -0.233. The van der Waals surface area contributed by atoms with Gasteiger partial charge in [-0.25, -0.2) is 0 Å². The van der Waals surface area contributed by atoms with Gasteiger partial charge in [-0.1, -0.05) is 0 Å². The first-order valence-electron chi connectivity index (χ1n) is 7.92. The number of hydrogen-bond acceptors (Lipinski definition) is 4. The van der Waals surface area contributed by atoms with Gasteiger partial charge in [0.05, 0.1) is 11.1 Å². The van der Waals surface area contributed by atoms with Gasteiger partial charge < -0.3 is 9.64 Å². The molecule has 24 heavy (non-hydrogen) atoms. The molecule has 0 N–H and O–H groups in total. The van der Waals surface area contributed by atoms with Crippen molar-refractivity contribution in [1.29, 1.82) is 0 Å². The Bertz CT molecular complexity index is 656. The molecule has 1 aliphatic heterocycles. The summed E-state index contributed by atoms with van der Waals surface area (Å²) < 4.78 is 5.40. The van der Waals surface area contributed by atoms with Crippen LogP contribution in [0.4, 0.5) is 5.69 Å². The van der Waals surface area contributed by atoms with Gasteiger partial charge in [-0.3, -0.25) is 19.3 Å². The van der Waals surface area contributed by atoms with Gasteiger partial charge in [-0.2, -0.15) is 0 Å². The summed E-state index contributed by atoms with van der Waals surface area (Å²) in [5, 5.41) is -0.672. The number of Topliss-reactive ketones (excluding diaryl/α,β-unsaturated/α-hetero) is 1. The number of fused-ring (bicyclic) bond motifs is 1. The van der Waals surface area contributed by atoms with Crippen LogP contribution in [0.25, 0.3) is 0 Å². The Morgan fingerprint density at radius 2 is 2.00 bits per heavy atom. The molecular formula is C17H21ClN2O4. The summed E-state index contributed by atoms with van der Waals surface area (Å²) in [6.07, 6.45) is 0. The molecule has 1 aromatic carbocycles. The van der Waals surface area contributed by atoms with Crippen molar-refractivity contribution in [2.45, 2.75) is 26.1 Å². The number of ether oxygens (including phenoxy) is 1. The fraction of sp³-hybridized carbons (Fsp3) is 0.471. The molecule has 1 atom stereocenters. The number of likely N-dealkylation sites (N-methyl/N-ethyl adjacent to an activating group) is 1. The van der Waals surface area contributed by atoms with Crippen LogP contribution in [0.15, 0.2) is 18.2 Å². The molecule has 1 aromatic rings. The maximum Gasteiger partial charge on any atom is 0.265 e. The Kier molecular flexibility index (Phi) is 5.83. The van der Waals surface area contributed by atoms with Gasteiger partial charge in [0.2, 0.25) is 5.91 Å². The lowest BCUT2D eigenvalue weighted by molar-refractivity contribution is -0.131. The molecule has 2 amide bonds. The molecule has 2 rings (SSSR count). The van der Waals surface area contributed by atoms with Crippen LogP contribution in [0.1, 0.15) is 31.1 Å². The fourth-order valence-corrected chi connectivity index (χ4v) is 2.70. The number of alkyl halides is 1. The molecule has 0 saturated heterocycles. The van der Waals surface area contributed by atoms with E-state index in [4.69, 9.17) is 16.3 Å². The highest BCUT2D eigenvalue weighted by molar-refractivity contribution is 6.33. The predicted molar refractivity (Wildman–Crippen MR) is 91.9 cm³/mol. The minimum atomic E-state index is -0.672. The summed E-state index contributed by atoms with van der Waals surface area (Å²) in [6, 6.07) is 4.80. The zero-order valence-corrected chi connectivity index (χ0v) is 14.8. The molecule has 0 bridgehead atoms. The Hall–Kier alpha value is -2.08. The van der Waals surface area contributed by atoms with Crippen LogP contribution in [0.3, 0.4) is 0 Å². The van der Waals surface area contributed by atoms with E-state index in [0.29, 0.717) is 30.1 Å². The number of nitrogens with zero attached hydrogens (tertiary/aromatic N) is 2. The average molecular weight is 353 g/mol. The zero-order chi connectivity index (χ0) is 17.9. The molecular weight excluding hydrogens is 332 g/mol. The monoisotopic (exact) mass is 352 g/mol. The maximum atomic E-state index is 12.4. The third-order valence-corrected chi connectivity index (χ3v) is 4.16. The molecule has 0 saturated carbocycles. The molecule has 0 spiro atoms. The summed E-state index contributed by atoms with van der Waals surface area (Å²) in [4.78, 5) is 39.7. The number of carbonyl (C=O) groups is 3. The molecule has 6 nitrogen and oxygen atoms in total. The first-order chi connectivity index (χ1) is 11.4. The Morgan fingerprint density at radius 3 is 2.58 bits per heavy atom. The molecule has 1 unspecified atom stereocenters. The van der Waals surface area contributed by atoms with E-state index in [-0.39, 0.29) is 30.7 Å². The van der Waals surface area contributed by atoms with Gasteiger partial charge in [0, 0.05) is 18.7 Å². The highest BCUT2D eigenvalue weighted by Crippen LogP contribution is 2.33. The van der Waals surface area contributed by atoms with E-state index < -0.39 is 5.38 Å². The van der Waals surface area contributed by atoms with Crippen molar-refractivity contribution in [3.63, 3.8) is 0 Å². The molecule has 130 valence electrons. The van der Waals surface area contributed by atoms with Crippen LogP contribution in [-0.2, 0) is 9.59 Å². The molecule has 0 aliphatic carbocycles. The first-order valence-corrected chi connectivity index (χ1v) is 8.35. The van der Waals surface area contributed by atoms with Gasteiger partial charge >= 0.3 is 0 Å². The fourth-order valence-electron chi connectivity index (χ4n) is 2.57. The van der Waals surface area contributed by atoms with Gasteiger partial charge in [0.15, 0.2) is 12.4 Å². The number of anilines is 1. The van der Waals surface area contributed by atoms with Crippen LogP contribution in [-0.4, -0.2) is 54.1 Å². The van der Waals surface area contributed by atoms with Gasteiger partial charge in [-0.05, 0) is 39.0 Å². The minimum absolute atomic E-state index is 0.0784. The van der Waals surface area contributed by atoms with E-state index in [0.717, 1.165) is 0 Å². The summed E-state index contributed by atoms with van der Waals surface area (Å²) in [5.41, 5.74) is 0.810.